The number of piperazine rings is 1. The summed E-state index contributed by atoms with van der Waals surface area (Å²) in [4.78, 5) is 41.3. The summed E-state index contributed by atoms with van der Waals surface area (Å²) in [6.45, 7) is 2.58. The molecule has 1 aromatic heterocycles. The molecule has 0 bridgehead atoms. The zero-order chi connectivity index (χ0) is 22.3. The normalized spacial score (nSPS) is 17.6. The van der Waals surface area contributed by atoms with Gasteiger partial charge in [0.15, 0.2) is 0 Å². The molecule has 4 rings (SSSR count). The number of nitrogens with one attached hydrogen (secondary N) is 1. The van der Waals surface area contributed by atoms with E-state index in [1.807, 2.05) is 12.1 Å². The fraction of sp³-hybridized carbons (Fsp3) is 0.364. The maximum Gasteiger partial charge on any atom is 0.290 e. The van der Waals surface area contributed by atoms with Gasteiger partial charge in [-0.2, -0.15) is 0 Å². The Kier molecular flexibility index (Phi) is 7.30. The van der Waals surface area contributed by atoms with E-state index in [2.05, 4.69) is 15.2 Å². The number of aromatic nitrogens is 1. The molecule has 0 atom stereocenters. The first-order valence-electron chi connectivity index (χ1n) is 9.96. The van der Waals surface area contributed by atoms with Crippen LogP contribution in [0.25, 0.3) is 0 Å². The predicted molar refractivity (Wildman–Crippen MR) is 110 cm³/mol. The number of amides is 2. The molecule has 31 heavy (non-hydrogen) atoms. The SMILES string of the molecule is O=C1CN(C(=O)C2(Cc3ccccc3F)CN(Cc3ccncc3)C2)CCN1.O=CO. The summed E-state index contributed by atoms with van der Waals surface area (Å²) >= 11 is 0. The molecule has 2 aliphatic rings. The standard InChI is InChI=1S/C21H23FN4O2.CH2O2/c22-18-4-2-1-3-17(18)11-21(20(28)26-10-9-24-19(27)13-26)14-25(15-21)12-16-5-7-23-8-6-16;2-1-3/h1-8H,9-15H2,(H,24,27);1H,(H,2,3). The van der Waals surface area contributed by atoms with Crippen molar-refractivity contribution < 1.29 is 23.9 Å². The highest BCUT2D eigenvalue weighted by Crippen LogP contribution is 2.38. The molecule has 3 heterocycles. The molecule has 0 unspecified atom stereocenters. The smallest absolute Gasteiger partial charge is 0.290 e. The average molecular weight is 428 g/mol. The topological polar surface area (TPSA) is 103 Å². The summed E-state index contributed by atoms with van der Waals surface area (Å²) in [5.74, 6) is -0.496. The van der Waals surface area contributed by atoms with E-state index >= 15 is 0 Å². The van der Waals surface area contributed by atoms with Gasteiger partial charge in [-0.05, 0) is 35.7 Å². The van der Waals surface area contributed by atoms with Crippen molar-refractivity contribution in [2.24, 2.45) is 5.41 Å². The Morgan fingerprint density at radius 2 is 1.90 bits per heavy atom. The predicted octanol–water partition coefficient (Wildman–Crippen LogP) is 0.925. The van der Waals surface area contributed by atoms with E-state index in [1.165, 1.54) is 6.07 Å². The molecule has 164 valence electrons. The molecular weight excluding hydrogens is 403 g/mol. The van der Waals surface area contributed by atoms with Crippen LogP contribution in [0, 0.1) is 11.2 Å². The van der Waals surface area contributed by atoms with Gasteiger partial charge in [0, 0.05) is 45.1 Å². The highest BCUT2D eigenvalue weighted by atomic mass is 19.1. The van der Waals surface area contributed by atoms with Gasteiger partial charge in [-0.1, -0.05) is 18.2 Å². The highest BCUT2D eigenvalue weighted by Gasteiger charge is 2.51. The monoisotopic (exact) mass is 428 g/mol. The van der Waals surface area contributed by atoms with Crippen LogP contribution in [0.1, 0.15) is 11.1 Å². The molecule has 8 nitrogen and oxygen atoms in total. The summed E-state index contributed by atoms with van der Waals surface area (Å²) in [5.41, 5.74) is 0.965. The summed E-state index contributed by atoms with van der Waals surface area (Å²) in [6, 6.07) is 10.5. The largest absolute Gasteiger partial charge is 0.483 e. The first kappa shape index (κ1) is 22.4. The lowest BCUT2D eigenvalue weighted by atomic mass is 9.73. The Labute approximate surface area is 179 Å². The molecule has 2 N–H and O–H groups in total. The summed E-state index contributed by atoms with van der Waals surface area (Å²) in [5, 5.41) is 9.63. The molecule has 2 fully saturated rings. The maximum atomic E-state index is 14.3. The van der Waals surface area contributed by atoms with Crippen LogP contribution in [0.4, 0.5) is 4.39 Å². The highest BCUT2D eigenvalue weighted by molar-refractivity contribution is 5.90. The van der Waals surface area contributed by atoms with Crippen LogP contribution in [0.3, 0.4) is 0 Å². The van der Waals surface area contributed by atoms with Gasteiger partial charge in [-0.15, -0.1) is 0 Å². The second kappa shape index (κ2) is 10.1. The second-order valence-electron chi connectivity index (χ2n) is 7.73. The fourth-order valence-corrected chi connectivity index (χ4v) is 4.14. The first-order valence-corrected chi connectivity index (χ1v) is 9.96. The van der Waals surface area contributed by atoms with Crippen molar-refractivity contribution in [1.29, 1.82) is 0 Å². The number of hydrogen-bond acceptors (Lipinski definition) is 5. The van der Waals surface area contributed by atoms with Gasteiger partial charge < -0.3 is 15.3 Å². The number of likely N-dealkylation sites (tertiary alicyclic amines) is 1. The van der Waals surface area contributed by atoms with Crippen LogP contribution in [-0.4, -0.2) is 70.9 Å². The van der Waals surface area contributed by atoms with Crippen molar-refractivity contribution >= 4 is 18.3 Å². The van der Waals surface area contributed by atoms with E-state index in [0.717, 1.165) is 12.1 Å². The minimum atomic E-state index is -0.702. The molecule has 0 radical (unpaired) electrons. The molecule has 0 saturated carbocycles. The zero-order valence-electron chi connectivity index (χ0n) is 17.0. The Morgan fingerprint density at radius 3 is 2.55 bits per heavy atom. The van der Waals surface area contributed by atoms with Gasteiger partial charge in [-0.25, -0.2) is 4.39 Å². The van der Waals surface area contributed by atoms with Crippen LogP contribution in [0.2, 0.25) is 0 Å². The molecule has 2 aromatic rings. The van der Waals surface area contributed by atoms with E-state index in [9.17, 15) is 14.0 Å². The van der Waals surface area contributed by atoms with Crippen molar-refractivity contribution in [1.82, 2.24) is 20.1 Å². The minimum Gasteiger partial charge on any atom is -0.483 e. The lowest BCUT2D eigenvalue weighted by Gasteiger charge is -2.51. The van der Waals surface area contributed by atoms with E-state index < -0.39 is 5.41 Å². The number of benzene rings is 1. The third-order valence-electron chi connectivity index (χ3n) is 5.47. The van der Waals surface area contributed by atoms with Gasteiger partial charge in [0.25, 0.3) is 6.47 Å². The van der Waals surface area contributed by atoms with Crippen LogP contribution < -0.4 is 5.32 Å². The van der Waals surface area contributed by atoms with E-state index in [1.54, 1.807) is 35.5 Å². The van der Waals surface area contributed by atoms with E-state index in [4.69, 9.17) is 9.90 Å². The van der Waals surface area contributed by atoms with E-state index in [-0.39, 0.29) is 30.6 Å². The van der Waals surface area contributed by atoms with Crippen molar-refractivity contribution in [3.63, 3.8) is 0 Å². The maximum absolute atomic E-state index is 14.3. The third-order valence-corrected chi connectivity index (χ3v) is 5.47. The van der Waals surface area contributed by atoms with Gasteiger partial charge in [-0.3, -0.25) is 24.3 Å². The minimum absolute atomic E-state index is 0.0587. The molecule has 9 heteroatoms. The van der Waals surface area contributed by atoms with Crippen molar-refractivity contribution in [3.8, 4) is 0 Å². The molecule has 2 amide bonds. The van der Waals surface area contributed by atoms with Gasteiger partial charge >= 0.3 is 0 Å². The molecular formula is C22H25FN4O4. The number of nitrogens with zero attached hydrogens (tertiary/aromatic N) is 3. The van der Waals surface area contributed by atoms with E-state index in [0.29, 0.717) is 38.2 Å². The third kappa shape index (κ3) is 5.43. The molecule has 1 aromatic carbocycles. The van der Waals surface area contributed by atoms with Crippen LogP contribution in [0.15, 0.2) is 48.8 Å². The van der Waals surface area contributed by atoms with Gasteiger partial charge in [0.1, 0.15) is 5.82 Å². The van der Waals surface area contributed by atoms with Gasteiger partial charge in [0.2, 0.25) is 11.8 Å². The van der Waals surface area contributed by atoms with Crippen LogP contribution in [-0.2, 0) is 27.3 Å². The molecule has 2 saturated heterocycles. The average Bonchev–Trinajstić information content (AvgIpc) is 2.74. The summed E-state index contributed by atoms with van der Waals surface area (Å²) < 4.78 is 14.3. The van der Waals surface area contributed by atoms with Crippen LogP contribution in [0.5, 0.6) is 0 Å². The number of rotatable bonds is 5. The Balaban J connectivity index is 0.000000858. The number of carbonyl (C=O) groups excluding carboxylic acids is 2. The van der Waals surface area contributed by atoms with Crippen molar-refractivity contribution in [2.45, 2.75) is 13.0 Å². The molecule has 2 aliphatic heterocycles. The Bertz CT molecular complexity index is 919. The zero-order valence-corrected chi connectivity index (χ0v) is 17.0. The van der Waals surface area contributed by atoms with Crippen molar-refractivity contribution in [3.05, 3.63) is 65.7 Å². The lowest BCUT2D eigenvalue weighted by molar-refractivity contribution is -0.157. The Hall–Kier alpha value is -3.33. The summed E-state index contributed by atoms with van der Waals surface area (Å²) in [7, 11) is 0. The molecule has 0 aliphatic carbocycles. The van der Waals surface area contributed by atoms with Gasteiger partial charge in [0.05, 0.1) is 12.0 Å². The number of pyridine rings is 1. The first-order chi connectivity index (χ1) is 15.0. The quantitative estimate of drug-likeness (QED) is 0.687. The second-order valence-corrected chi connectivity index (χ2v) is 7.73. The summed E-state index contributed by atoms with van der Waals surface area (Å²) in [6.07, 6.45) is 3.84. The number of carbonyl (C=O) groups is 3. The number of hydrogen-bond donors (Lipinski definition) is 2. The van der Waals surface area contributed by atoms with Crippen LogP contribution >= 0.6 is 0 Å². The fourth-order valence-electron chi connectivity index (χ4n) is 4.14. The lowest BCUT2D eigenvalue weighted by Crippen LogP contribution is -2.66. The number of carboxylic acid groups (broad SMARTS) is 1. The Morgan fingerprint density at radius 1 is 1.23 bits per heavy atom. The molecule has 0 spiro atoms. The van der Waals surface area contributed by atoms with Crippen molar-refractivity contribution in [2.75, 3.05) is 32.7 Å². The number of halogens is 1.